The number of nitrogens with two attached hydrogens (primary N) is 1. The van der Waals surface area contributed by atoms with Gasteiger partial charge in [0.15, 0.2) is 0 Å². The number of aromatic nitrogens is 1. The Hall–Kier alpha value is -2.61. The van der Waals surface area contributed by atoms with Crippen LogP contribution < -0.4 is 5.73 Å². The summed E-state index contributed by atoms with van der Waals surface area (Å²) >= 11 is 0. The molecule has 3 N–H and O–H groups in total. The van der Waals surface area contributed by atoms with Crippen molar-refractivity contribution in [2.45, 2.75) is 18.8 Å². The number of carboxylic acid groups (broad SMARTS) is 1. The molecule has 0 aliphatic carbocycles. The highest BCUT2D eigenvalue weighted by atomic mass is 19.4. The van der Waals surface area contributed by atoms with E-state index in [0.717, 1.165) is 12.1 Å². The maximum absolute atomic E-state index is 12.8. The summed E-state index contributed by atoms with van der Waals surface area (Å²) in [6.45, 7) is 0.0330. The number of benzene rings is 1. The van der Waals surface area contributed by atoms with Crippen molar-refractivity contribution in [3.8, 4) is 0 Å². The van der Waals surface area contributed by atoms with Crippen molar-refractivity contribution in [2.75, 3.05) is 12.8 Å². The number of carbonyl (C=O) groups is 1. The summed E-state index contributed by atoms with van der Waals surface area (Å²) in [5, 5.41) is 9.45. The highest BCUT2D eigenvalue weighted by molar-refractivity contribution is 5.75. The maximum atomic E-state index is 12.8. The summed E-state index contributed by atoms with van der Waals surface area (Å²) in [5.41, 5.74) is 5.47. The predicted molar refractivity (Wildman–Crippen MR) is 81.9 cm³/mol. The van der Waals surface area contributed by atoms with E-state index in [2.05, 4.69) is 4.98 Å². The first-order valence-electron chi connectivity index (χ1n) is 6.99. The molecule has 0 saturated heterocycles. The van der Waals surface area contributed by atoms with Crippen LogP contribution >= 0.6 is 0 Å². The topological polar surface area (TPSA) is 79.5 Å². The fraction of sp³-hybridized carbons (Fsp3) is 0.250. The Balaban J connectivity index is 2.24. The number of aliphatic carboxylic acids is 1. The number of alkyl halides is 3. The molecule has 0 bridgehead atoms. The number of anilines is 1. The van der Waals surface area contributed by atoms with Gasteiger partial charge >= 0.3 is 12.1 Å². The first kappa shape index (κ1) is 17.7. The lowest BCUT2D eigenvalue weighted by Gasteiger charge is -2.25. The molecule has 0 amide bonds. The van der Waals surface area contributed by atoms with E-state index in [0.29, 0.717) is 11.1 Å². The van der Waals surface area contributed by atoms with Crippen molar-refractivity contribution in [1.82, 2.24) is 9.88 Å². The summed E-state index contributed by atoms with van der Waals surface area (Å²) in [5.74, 6) is -0.875. The largest absolute Gasteiger partial charge is 0.480 e. The molecule has 1 heterocycles. The Labute approximate surface area is 136 Å². The summed E-state index contributed by atoms with van der Waals surface area (Å²) in [4.78, 5) is 16.9. The van der Waals surface area contributed by atoms with Gasteiger partial charge in [0.25, 0.3) is 0 Å². The molecule has 0 radical (unpaired) electrons. The Morgan fingerprint density at radius 1 is 1.33 bits per heavy atom. The molecular weight excluding hydrogens is 323 g/mol. The molecule has 1 aromatic carbocycles. The molecule has 2 rings (SSSR count). The van der Waals surface area contributed by atoms with Crippen molar-refractivity contribution in [1.29, 1.82) is 0 Å². The Morgan fingerprint density at radius 3 is 2.58 bits per heavy atom. The van der Waals surface area contributed by atoms with Crippen LogP contribution in [0.5, 0.6) is 0 Å². The SMILES string of the molecule is CN(Cc1cccc(C(F)(F)F)c1)[C@@H](C(=O)O)c1ccc(N)nc1. The maximum Gasteiger partial charge on any atom is 0.416 e. The van der Waals surface area contributed by atoms with Crippen LogP contribution in [0.3, 0.4) is 0 Å². The molecule has 8 heteroatoms. The zero-order chi connectivity index (χ0) is 17.9. The lowest BCUT2D eigenvalue weighted by Crippen LogP contribution is -2.30. The van der Waals surface area contributed by atoms with E-state index in [9.17, 15) is 23.1 Å². The van der Waals surface area contributed by atoms with Gasteiger partial charge in [0, 0.05) is 12.7 Å². The van der Waals surface area contributed by atoms with E-state index in [-0.39, 0.29) is 12.4 Å². The minimum absolute atomic E-state index is 0.0330. The Bertz CT molecular complexity index is 717. The monoisotopic (exact) mass is 339 g/mol. The number of pyridine rings is 1. The molecule has 0 saturated carbocycles. The fourth-order valence-corrected chi connectivity index (χ4v) is 2.39. The third-order valence-electron chi connectivity index (χ3n) is 3.49. The molecule has 0 unspecified atom stereocenters. The van der Waals surface area contributed by atoms with E-state index in [1.165, 1.54) is 42.4 Å². The van der Waals surface area contributed by atoms with Crippen LogP contribution in [0.2, 0.25) is 0 Å². The van der Waals surface area contributed by atoms with Gasteiger partial charge in [0.2, 0.25) is 0 Å². The number of halogens is 3. The van der Waals surface area contributed by atoms with Crippen LogP contribution in [0, 0.1) is 0 Å². The fourth-order valence-electron chi connectivity index (χ4n) is 2.39. The third-order valence-corrected chi connectivity index (χ3v) is 3.49. The Morgan fingerprint density at radius 2 is 2.04 bits per heavy atom. The number of rotatable bonds is 5. The molecule has 0 fully saturated rings. The predicted octanol–water partition coefficient (Wildman–Crippen LogP) is 2.94. The van der Waals surface area contributed by atoms with Gasteiger partial charge in [0.05, 0.1) is 5.56 Å². The van der Waals surface area contributed by atoms with Gasteiger partial charge in [-0.3, -0.25) is 9.69 Å². The zero-order valence-corrected chi connectivity index (χ0v) is 12.8. The second-order valence-electron chi connectivity index (χ2n) is 5.37. The highest BCUT2D eigenvalue weighted by Crippen LogP contribution is 2.30. The molecule has 1 atom stereocenters. The van der Waals surface area contributed by atoms with Gasteiger partial charge in [-0.2, -0.15) is 13.2 Å². The number of hydrogen-bond acceptors (Lipinski definition) is 4. The van der Waals surface area contributed by atoms with Gasteiger partial charge in [-0.15, -0.1) is 0 Å². The van der Waals surface area contributed by atoms with Crippen molar-refractivity contribution < 1.29 is 23.1 Å². The minimum Gasteiger partial charge on any atom is -0.480 e. The standard InChI is InChI=1S/C16H16F3N3O2/c1-22(9-10-3-2-4-12(7-10)16(17,18)19)14(15(23)24)11-5-6-13(20)21-8-11/h2-8,14H,9H2,1H3,(H2,20,21)(H,23,24)/t14-/m1/s1. The number of carboxylic acids is 1. The normalized spacial score (nSPS) is 13.0. The molecule has 0 aliphatic heterocycles. The van der Waals surface area contributed by atoms with Crippen LogP contribution in [0.15, 0.2) is 42.6 Å². The third kappa shape index (κ3) is 4.23. The Kier molecular flexibility index (Phi) is 5.08. The highest BCUT2D eigenvalue weighted by Gasteiger charge is 2.31. The molecule has 0 aliphatic rings. The average Bonchev–Trinajstić information content (AvgIpc) is 2.48. The quantitative estimate of drug-likeness (QED) is 0.875. The number of hydrogen-bond donors (Lipinski definition) is 2. The lowest BCUT2D eigenvalue weighted by atomic mass is 10.1. The van der Waals surface area contributed by atoms with Crippen molar-refractivity contribution >= 4 is 11.8 Å². The number of nitrogens with zero attached hydrogens (tertiary/aromatic N) is 2. The van der Waals surface area contributed by atoms with Crippen molar-refractivity contribution in [3.05, 3.63) is 59.3 Å². The molecule has 1 aromatic heterocycles. The van der Waals surface area contributed by atoms with E-state index < -0.39 is 23.8 Å². The van der Waals surface area contributed by atoms with Crippen LogP contribution in [0.4, 0.5) is 19.0 Å². The van der Waals surface area contributed by atoms with Crippen LogP contribution in [-0.2, 0) is 17.5 Å². The van der Waals surface area contributed by atoms with Gasteiger partial charge in [-0.1, -0.05) is 24.3 Å². The van der Waals surface area contributed by atoms with Gasteiger partial charge in [0.1, 0.15) is 11.9 Å². The van der Waals surface area contributed by atoms with Crippen molar-refractivity contribution in [2.24, 2.45) is 0 Å². The van der Waals surface area contributed by atoms with Gasteiger partial charge in [-0.05, 0) is 30.3 Å². The first-order valence-corrected chi connectivity index (χ1v) is 6.99. The molecular formula is C16H16F3N3O2. The van der Waals surface area contributed by atoms with E-state index in [4.69, 9.17) is 5.73 Å². The molecule has 24 heavy (non-hydrogen) atoms. The number of likely N-dealkylation sites (N-methyl/N-ethyl adjacent to an activating group) is 1. The van der Waals surface area contributed by atoms with E-state index in [1.807, 2.05) is 0 Å². The minimum atomic E-state index is -4.44. The molecule has 5 nitrogen and oxygen atoms in total. The van der Waals surface area contributed by atoms with Crippen LogP contribution in [-0.4, -0.2) is 28.0 Å². The smallest absolute Gasteiger partial charge is 0.416 e. The van der Waals surface area contributed by atoms with Crippen LogP contribution in [0.25, 0.3) is 0 Å². The zero-order valence-electron chi connectivity index (χ0n) is 12.8. The lowest BCUT2D eigenvalue weighted by molar-refractivity contribution is -0.143. The second kappa shape index (κ2) is 6.88. The van der Waals surface area contributed by atoms with Crippen molar-refractivity contribution in [3.63, 3.8) is 0 Å². The summed E-state index contributed by atoms with van der Waals surface area (Å²) < 4.78 is 38.3. The molecule has 128 valence electrons. The van der Waals surface area contributed by atoms with E-state index in [1.54, 1.807) is 0 Å². The second-order valence-corrected chi connectivity index (χ2v) is 5.37. The van der Waals surface area contributed by atoms with Gasteiger partial charge in [-0.25, -0.2) is 4.98 Å². The van der Waals surface area contributed by atoms with Gasteiger partial charge < -0.3 is 10.8 Å². The summed E-state index contributed by atoms with van der Waals surface area (Å²) in [6, 6.07) is 6.76. The van der Waals surface area contributed by atoms with Crippen LogP contribution in [0.1, 0.15) is 22.7 Å². The van der Waals surface area contributed by atoms with E-state index >= 15 is 0 Å². The summed E-state index contributed by atoms with van der Waals surface area (Å²) in [7, 11) is 1.52. The molecule has 2 aromatic rings. The number of nitrogen functional groups attached to an aromatic ring is 1. The summed E-state index contributed by atoms with van der Waals surface area (Å²) in [6.07, 6.45) is -3.10. The first-order chi connectivity index (χ1) is 11.2. The molecule has 0 spiro atoms. The average molecular weight is 339 g/mol.